The summed E-state index contributed by atoms with van der Waals surface area (Å²) >= 11 is 12.2. The minimum Gasteiger partial charge on any atom is -0.504 e. The normalized spacial score (nSPS) is 11.9. The van der Waals surface area contributed by atoms with Gasteiger partial charge in [-0.2, -0.15) is 0 Å². The van der Waals surface area contributed by atoms with Crippen molar-refractivity contribution in [3.05, 3.63) is 51.5 Å². The predicted molar refractivity (Wildman–Crippen MR) is 171 cm³/mol. The molecule has 0 saturated carbocycles. The van der Waals surface area contributed by atoms with Crippen LogP contribution < -0.4 is 10.1 Å². The summed E-state index contributed by atoms with van der Waals surface area (Å²) in [6, 6.07) is 9.43. The molecule has 2 aromatic rings. The molecule has 2 aromatic carbocycles. The number of phenolic OH excluding ortho intramolecular Hbond substituents is 1. The Kier molecular flexibility index (Phi) is 17.2. The van der Waals surface area contributed by atoms with Gasteiger partial charge in [0.1, 0.15) is 5.75 Å². The molecular formula is C34H51Cl2NO3. The van der Waals surface area contributed by atoms with E-state index in [4.69, 9.17) is 27.9 Å². The molecule has 4 nitrogen and oxygen atoms in total. The monoisotopic (exact) mass is 591 g/mol. The standard InChI is InChI=1S/C34H51Cl2NO3/c1-4-5-6-7-8-9-10-11-12-13-14-15-16-17-18-19-20-28-21-23-29(24-22-28)40-27(3)34(39)37-31-25-30(35)26(2)32(36)33(31)38/h21-25,27,38H,4-20H2,1-3H3,(H,37,39). The number of hydrogen-bond acceptors (Lipinski definition) is 3. The number of carbonyl (C=O) groups excluding carboxylic acids is 1. The van der Waals surface area contributed by atoms with E-state index in [-0.39, 0.29) is 16.5 Å². The van der Waals surface area contributed by atoms with Crippen LogP contribution in [-0.2, 0) is 11.2 Å². The Morgan fingerprint density at radius 1 is 0.825 bits per heavy atom. The van der Waals surface area contributed by atoms with Crippen LogP contribution >= 0.6 is 23.2 Å². The first-order valence-corrected chi connectivity index (χ1v) is 16.3. The van der Waals surface area contributed by atoms with Crippen molar-refractivity contribution in [1.82, 2.24) is 0 Å². The molecule has 0 radical (unpaired) electrons. The number of carbonyl (C=O) groups is 1. The summed E-state index contributed by atoms with van der Waals surface area (Å²) in [5.41, 5.74) is 2.00. The minimum absolute atomic E-state index is 0.122. The van der Waals surface area contributed by atoms with Crippen LogP contribution in [0.3, 0.4) is 0 Å². The SMILES string of the molecule is CCCCCCCCCCCCCCCCCCc1ccc(OC(C)C(=O)Nc2cc(Cl)c(C)c(Cl)c2O)cc1. The summed E-state index contributed by atoms with van der Waals surface area (Å²) in [5, 5.41) is 13.3. The maximum atomic E-state index is 12.6. The zero-order chi connectivity index (χ0) is 29.2. The van der Waals surface area contributed by atoms with E-state index in [1.165, 1.54) is 114 Å². The smallest absolute Gasteiger partial charge is 0.265 e. The van der Waals surface area contributed by atoms with Crippen LogP contribution in [0, 0.1) is 6.92 Å². The minimum atomic E-state index is -0.760. The van der Waals surface area contributed by atoms with Crippen LogP contribution in [0.1, 0.15) is 128 Å². The Morgan fingerprint density at radius 2 is 1.30 bits per heavy atom. The number of aryl methyl sites for hydroxylation is 1. The van der Waals surface area contributed by atoms with Gasteiger partial charge in [-0.15, -0.1) is 0 Å². The molecule has 40 heavy (non-hydrogen) atoms. The predicted octanol–water partition coefficient (Wildman–Crippen LogP) is 11.2. The Balaban J connectivity index is 1.53. The number of halogens is 2. The lowest BCUT2D eigenvalue weighted by Gasteiger charge is -2.17. The second kappa shape index (κ2) is 20.0. The molecule has 2 rings (SSSR count). The van der Waals surface area contributed by atoms with Crippen LogP contribution in [0.2, 0.25) is 10.0 Å². The van der Waals surface area contributed by atoms with Gasteiger partial charge in [0.15, 0.2) is 11.9 Å². The van der Waals surface area contributed by atoms with Gasteiger partial charge < -0.3 is 15.2 Å². The highest BCUT2D eigenvalue weighted by atomic mass is 35.5. The summed E-state index contributed by atoms with van der Waals surface area (Å²) in [4.78, 5) is 12.6. The van der Waals surface area contributed by atoms with Crippen LogP contribution in [0.5, 0.6) is 11.5 Å². The molecule has 0 aromatic heterocycles. The number of amides is 1. The van der Waals surface area contributed by atoms with Crippen molar-refractivity contribution in [1.29, 1.82) is 0 Å². The van der Waals surface area contributed by atoms with E-state index >= 15 is 0 Å². The van der Waals surface area contributed by atoms with Gasteiger partial charge in [-0.3, -0.25) is 4.79 Å². The third-order valence-electron chi connectivity index (χ3n) is 7.60. The Morgan fingerprint density at radius 3 is 1.80 bits per heavy atom. The molecule has 0 bridgehead atoms. The molecule has 0 aliphatic heterocycles. The van der Waals surface area contributed by atoms with E-state index in [9.17, 15) is 9.90 Å². The molecule has 0 aliphatic rings. The van der Waals surface area contributed by atoms with E-state index < -0.39 is 12.0 Å². The van der Waals surface area contributed by atoms with Gasteiger partial charge in [0.05, 0.1) is 10.7 Å². The van der Waals surface area contributed by atoms with Gasteiger partial charge in [-0.25, -0.2) is 0 Å². The topological polar surface area (TPSA) is 58.6 Å². The third kappa shape index (κ3) is 13.2. The van der Waals surface area contributed by atoms with Crippen molar-refractivity contribution < 1.29 is 14.6 Å². The zero-order valence-electron chi connectivity index (χ0n) is 25.0. The van der Waals surface area contributed by atoms with E-state index in [0.29, 0.717) is 16.3 Å². The second-order valence-electron chi connectivity index (χ2n) is 11.1. The highest BCUT2D eigenvalue weighted by Gasteiger charge is 2.19. The van der Waals surface area contributed by atoms with Crippen LogP contribution in [0.25, 0.3) is 0 Å². The molecule has 2 N–H and O–H groups in total. The molecule has 1 atom stereocenters. The average Bonchev–Trinajstić information content (AvgIpc) is 2.95. The fourth-order valence-electron chi connectivity index (χ4n) is 4.90. The molecule has 6 heteroatoms. The summed E-state index contributed by atoms with van der Waals surface area (Å²) < 4.78 is 5.80. The van der Waals surface area contributed by atoms with Crippen LogP contribution in [0.15, 0.2) is 30.3 Å². The number of hydrogen-bond donors (Lipinski definition) is 2. The van der Waals surface area contributed by atoms with E-state index in [2.05, 4.69) is 24.4 Å². The number of nitrogens with one attached hydrogen (secondary N) is 1. The Hall–Kier alpha value is -1.91. The quantitative estimate of drug-likeness (QED) is 0.112. The number of ether oxygens (including phenoxy) is 1. The maximum absolute atomic E-state index is 12.6. The van der Waals surface area contributed by atoms with E-state index in [1.807, 2.05) is 12.1 Å². The molecular weight excluding hydrogens is 541 g/mol. The van der Waals surface area contributed by atoms with E-state index in [0.717, 1.165) is 6.42 Å². The first kappa shape index (κ1) is 34.3. The van der Waals surface area contributed by atoms with Gasteiger partial charge in [-0.1, -0.05) is 139 Å². The van der Waals surface area contributed by atoms with Crippen molar-refractivity contribution >= 4 is 34.8 Å². The molecule has 1 amide bonds. The average molecular weight is 593 g/mol. The second-order valence-corrected chi connectivity index (χ2v) is 11.9. The van der Waals surface area contributed by atoms with Crippen molar-refractivity contribution in [3.63, 3.8) is 0 Å². The van der Waals surface area contributed by atoms with Crippen LogP contribution in [-0.4, -0.2) is 17.1 Å². The molecule has 0 heterocycles. The van der Waals surface area contributed by atoms with Crippen molar-refractivity contribution in [2.45, 2.75) is 136 Å². The number of anilines is 1. The fourth-order valence-corrected chi connectivity index (χ4v) is 5.36. The lowest BCUT2D eigenvalue weighted by Crippen LogP contribution is -2.30. The number of unbranched alkanes of at least 4 members (excludes halogenated alkanes) is 15. The number of rotatable bonds is 21. The number of phenols is 1. The number of benzene rings is 2. The van der Waals surface area contributed by atoms with Gasteiger partial charge in [0.2, 0.25) is 0 Å². The molecule has 0 fully saturated rings. The van der Waals surface area contributed by atoms with E-state index in [1.54, 1.807) is 13.8 Å². The van der Waals surface area contributed by atoms with Gasteiger partial charge in [0, 0.05) is 5.02 Å². The highest BCUT2D eigenvalue weighted by Crippen LogP contribution is 2.38. The van der Waals surface area contributed by atoms with Crippen molar-refractivity contribution in [2.24, 2.45) is 0 Å². The maximum Gasteiger partial charge on any atom is 0.265 e. The first-order valence-electron chi connectivity index (χ1n) is 15.6. The Labute approximate surface area is 253 Å². The molecule has 0 saturated heterocycles. The zero-order valence-corrected chi connectivity index (χ0v) is 26.5. The molecule has 0 spiro atoms. The highest BCUT2D eigenvalue weighted by molar-refractivity contribution is 6.37. The summed E-state index contributed by atoms with van der Waals surface area (Å²) in [5.74, 6) is 0.0219. The van der Waals surface area contributed by atoms with Gasteiger partial charge >= 0.3 is 0 Å². The van der Waals surface area contributed by atoms with Gasteiger partial charge in [0.25, 0.3) is 5.91 Å². The Bertz CT molecular complexity index is 994. The summed E-state index contributed by atoms with van der Waals surface area (Å²) in [6.07, 6.45) is 22.3. The lowest BCUT2D eigenvalue weighted by atomic mass is 10.0. The summed E-state index contributed by atoms with van der Waals surface area (Å²) in [7, 11) is 0. The third-order valence-corrected chi connectivity index (χ3v) is 8.46. The fraction of sp³-hybridized carbons (Fsp3) is 0.618. The first-order chi connectivity index (χ1) is 19.3. The molecule has 224 valence electrons. The van der Waals surface area contributed by atoms with Crippen LogP contribution in [0.4, 0.5) is 5.69 Å². The number of aromatic hydroxyl groups is 1. The summed E-state index contributed by atoms with van der Waals surface area (Å²) in [6.45, 7) is 5.64. The van der Waals surface area contributed by atoms with Gasteiger partial charge in [-0.05, 0) is 56.0 Å². The lowest BCUT2D eigenvalue weighted by molar-refractivity contribution is -0.122. The van der Waals surface area contributed by atoms with Crippen molar-refractivity contribution in [3.8, 4) is 11.5 Å². The molecule has 1 unspecified atom stereocenters. The van der Waals surface area contributed by atoms with Crippen molar-refractivity contribution in [2.75, 3.05) is 5.32 Å². The largest absolute Gasteiger partial charge is 0.504 e. The molecule has 0 aliphatic carbocycles.